The van der Waals surface area contributed by atoms with Gasteiger partial charge in [-0.2, -0.15) is 5.26 Å². The summed E-state index contributed by atoms with van der Waals surface area (Å²) in [7, 11) is 0. The van der Waals surface area contributed by atoms with Gasteiger partial charge in [0.25, 0.3) is 0 Å². The fourth-order valence-corrected chi connectivity index (χ4v) is 1.62. The molecule has 0 aliphatic heterocycles. The summed E-state index contributed by atoms with van der Waals surface area (Å²) in [6.07, 6.45) is 2.31. The molecule has 1 aromatic carbocycles. The smallest absolute Gasteiger partial charge is 0.116 e. The Labute approximate surface area is 86.9 Å². The number of aromatic nitrogens is 1. The van der Waals surface area contributed by atoms with Crippen molar-refractivity contribution in [1.82, 2.24) is 4.98 Å². The van der Waals surface area contributed by atoms with Crippen LogP contribution in [0.1, 0.15) is 5.56 Å². The minimum Gasteiger partial charge on any atom is -0.508 e. The van der Waals surface area contributed by atoms with Gasteiger partial charge < -0.3 is 15.8 Å². The predicted octanol–water partition coefficient (Wildman–Crippen LogP) is 1.27. The van der Waals surface area contributed by atoms with E-state index in [0.29, 0.717) is 6.42 Å². The fraction of sp³-hybridized carbons (Fsp3) is 0.182. The summed E-state index contributed by atoms with van der Waals surface area (Å²) in [5.74, 6) is 0.217. The maximum atomic E-state index is 9.35. The number of nitriles is 1. The molecule has 0 bridgehead atoms. The van der Waals surface area contributed by atoms with Gasteiger partial charge in [0.05, 0.1) is 12.1 Å². The van der Waals surface area contributed by atoms with Gasteiger partial charge in [0.15, 0.2) is 0 Å². The van der Waals surface area contributed by atoms with E-state index in [0.717, 1.165) is 16.5 Å². The van der Waals surface area contributed by atoms with Gasteiger partial charge >= 0.3 is 0 Å². The molecule has 0 saturated carbocycles. The first kappa shape index (κ1) is 9.56. The number of rotatable bonds is 2. The van der Waals surface area contributed by atoms with Crippen LogP contribution in [0.15, 0.2) is 24.4 Å². The van der Waals surface area contributed by atoms with E-state index in [4.69, 9.17) is 11.0 Å². The Kier molecular flexibility index (Phi) is 2.32. The van der Waals surface area contributed by atoms with Crippen LogP contribution in [-0.2, 0) is 6.42 Å². The average Bonchev–Trinajstić information content (AvgIpc) is 2.61. The second-order valence-corrected chi connectivity index (χ2v) is 3.48. The number of aromatic amines is 1. The molecule has 15 heavy (non-hydrogen) atoms. The Morgan fingerprint density at radius 2 is 2.33 bits per heavy atom. The highest BCUT2D eigenvalue weighted by atomic mass is 16.3. The highest BCUT2D eigenvalue weighted by Gasteiger charge is 2.08. The topological polar surface area (TPSA) is 85.8 Å². The third kappa shape index (κ3) is 1.78. The van der Waals surface area contributed by atoms with E-state index in [-0.39, 0.29) is 5.75 Å². The second kappa shape index (κ2) is 3.64. The van der Waals surface area contributed by atoms with Gasteiger partial charge in [-0.25, -0.2) is 0 Å². The van der Waals surface area contributed by atoms with E-state index in [1.807, 2.05) is 12.3 Å². The first-order chi connectivity index (χ1) is 7.20. The highest BCUT2D eigenvalue weighted by molar-refractivity contribution is 5.84. The maximum Gasteiger partial charge on any atom is 0.116 e. The van der Waals surface area contributed by atoms with Crippen LogP contribution < -0.4 is 5.73 Å². The lowest BCUT2D eigenvalue weighted by Gasteiger charge is -2.01. The van der Waals surface area contributed by atoms with Crippen LogP contribution in [0.2, 0.25) is 0 Å². The molecule has 4 nitrogen and oxygen atoms in total. The lowest BCUT2D eigenvalue weighted by Crippen LogP contribution is -2.19. The van der Waals surface area contributed by atoms with Gasteiger partial charge in [0, 0.05) is 23.5 Å². The number of hydrogen-bond donors (Lipinski definition) is 3. The van der Waals surface area contributed by atoms with Crippen molar-refractivity contribution >= 4 is 10.9 Å². The van der Waals surface area contributed by atoms with Crippen LogP contribution >= 0.6 is 0 Å². The minimum atomic E-state index is -0.508. The first-order valence-electron chi connectivity index (χ1n) is 4.65. The number of hydrogen-bond acceptors (Lipinski definition) is 3. The molecule has 0 radical (unpaired) electrons. The van der Waals surface area contributed by atoms with Crippen molar-refractivity contribution in [1.29, 1.82) is 5.26 Å². The van der Waals surface area contributed by atoms with Crippen molar-refractivity contribution in [2.75, 3.05) is 0 Å². The molecule has 2 aromatic rings. The summed E-state index contributed by atoms with van der Waals surface area (Å²) < 4.78 is 0. The Morgan fingerprint density at radius 1 is 1.53 bits per heavy atom. The van der Waals surface area contributed by atoms with Crippen LogP contribution in [0, 0.1) is 11.3 Å². The normalized spacial score (nSPS) is 12.5. The third-order valence-electron chi connectivity index (χ3n) is 2.36. The summed E-state index contributed by atoms with van der Waals surface area (Å²) in [5, 5.41) is 18.9. The van der Waals surface area contributed by atoms with Crippen LogP contribution in [-0.4, -0.2) is 16.1 Å². The quantitative estimate of drug-likeness (QED) is 0.683. The highest BCUT2D eigenvalue weighted by Crippen LogP contribution is 2.23. The maximum absolute atomic E-state index is 9.35. The standard InChI is InChI=1S/C11H11N3O/c12-5-8(13)3-7-6-14-11-2-1-9(15)4-10(7)11/h1-2,4,6,8,14-15H,3,13H2. The number of phenols is 1. The third-order valence-corrected chi connectivity index (χ3v) is 2.36. The first-order valence-corrected chi connectivity index (χ1v) is 4.65. The number of aromatic hydroxyl groups is 1. The van der Waals surface area contributed by atoms with Crippen LogP contribution in [0.5, 0.6) is 5.75 Å². The van der Waals surface area contributed by atoms with Crippen molar-refractivity contribution in [2.24, 2.45) is 5.73 Å². The molecule has 76 valence electrons. The van der Waals surface area contributed by atoms with Crippen LogP contribution in [0.25, 0.3) is 10.9 Å². The molecule has 0 spiro atoms. The zero-order valence-electron chi connectivity index (χ0n) is 8.07. The fourth-order valence-electron chi connectivity index (χ4n) is 1.62. The largest absolute Gasteiger partial charge is 0.508 e. The van der Waals surface area contributed by atoms with Crippen molar-refractivity contribution < 1.29 is 5.11 Å². The molecule has 4 heteroatoms. The SMILES string of the molecule is N#CC(N)Cc1c[nH]c2ccc(O)cc12. The number of nitrogens with two attached hydrogens (primary N) is 1. The zero-order chi connectivity index (χ0) is 10.8. The summed E-state index contributed by atoms with van der Waals surface area (Å²) in [4.78, 5) is 3.07. The van der Waals surface area contributed by atoms with Crippen molar-refractivity contribution in [3.8, 4) is 11.8 Å². The van der Waals surface area contributed by atoms with E-state index < -0.39 is 6.04 Å². The molecule has 0 aliphatic carbocycles. The molecular weight excluding hydrogens is 190 g/mol. The Hall–Kier alpha value is -1.99. The summed E-state index contributed by atoms with van der Waals surface area (Å²) in [5.41, 5.74) is 7.45. The van der Waals surface area contributed by atoms with Crippen molar-refractivity contribution in [3.63, 3.8) is 0 Å². The molecule has 0 aliphatic rings. The van der Waals surface area contributed by atoms with Crippen molar-refractivity contribution in [3.05, 3.63) is 30.0 Å². The molecule has 2 rings (SSSR count). The van der Waals surface area contributed by atoms with Gasteiger partial charge in [-0.15, -0.1) is 0 Å². The molecule has 0 saturated heterocycles. The molecule has 4 N–H and O–H groups in total. The van der Waals surface area contributed by atoms with E-state index >= 15 is 0 Å². The number of nitrogens with one attached hydrogen (secondary N) is 1. The second-order valence-electron chi connectivity index (χ2n) is 3.48. The lowest BCUT2D eigenvalue weighted by molar-refractivity contribution is 0.476. The van der Waals surface area contributed by atoms with Gasteiger partial charge in [-0.1, -0.05) is 0 Å². The molecular formula is C11H11N3O. The van der Waals surface area contributed by atoms with Crippen LogP contribution in [0.3, 0.4) is 0 Å². The number of nitrogens with zero attached hydrogens (tertiary/aromatic N) is 1. The Balaban J connectivity index is 2.44. The molecule has 0 fully saturated rings. The van der Waals surface area contributed by atoms with E-state index in [1.165, 1.54) is 0 Å². The minimum absolute atomic E-state index is 0.217. The van der Waals surface area contributed by atoms with Gasteiger partial charge in [0.1, 0.15) is 5.75 Å². The number of fused-ring (bicyclic) bond motifs is 1. The Bertz CT molecular complexity index is 524. The van der Waals surface area contributed by atoms with Crippen molar-refractivity contribution in [2.45, 2.75) is 12.5 Å². The molecule has 1 heterocycles. The lowest BCUT2D eigenvalue weighted by atomic mass is 10.1. The summed E-state index contributed by atoms with van der Waals surface area (Å²) in [6, 6.07) is 6.56. The zero-order valence-corrected chi connectivity index (χ0v) is 8.07. The Morgan fingerprint density at radius 3 is 3.07 bits per heavy atom. The summed E-state index contributed by atoms with van der Waals surface area (Å²) >= 11 is 0. The van der Waals surface area contributed by atoms with Gasteiger partial charge in [0.2, 0.25) is 0 Å². The van der Waals surface area contributed by atoms with Gasteiger partial charge in [-0.05, 0) is 23.8 Å². The molecule has 1 aromatic heterocycles. The van der Waals surface area contributed by atoms with E-state index in [1.54, 1.807) is 18.2 Å². The monoisotopic (exact) mass is 201 g/mol. The number of phenolic OH excluding ortho intramolecular Hbond substituents is 1. The molecule has 1 atom stereocenters. The van der Waals surface area contributed by atoms with Gasteiger partial charge in [-0.3, -0.25) is 0 Å². The van der Waals surface area contributed by atoms with E-state index in [2.05, 4.69) is 4.98 Å². The van der Waals surface area contributed by atoms with E-state index in [9.17, 15) is 5.11 Å². The molecule has 0 amide bonds. The number of H-pyrrole nitrogens is 1. The molecule has 1 unspecified atom stereocenters. The average molecular weight is 201 g/mol. The predicted molar refractivity (Wildman–Crippen MR) is 57.3 cm³/mol. The number of benzene rings is 1. The summed E-state index contributed by atoms with van der Waals surface area (Å²) in [6.45, 7) is 0. The van der Waals surface area contributed by atoms with Crippen LogP contribution in [0.4, 0.5) is 0 Å².